The molecule has 1 amide bonds. The van der Waals surface area contributed by atoms with Gasteiger partial charge in [0.15, 0.2) is 5.16 Å². The van der Waals surface area contributed by atoms with Crippen LogP contribution < -0.4 is 0 Å². The van der Waals surface area contributed by atoms with Crippen molar-refractivity contribution in [3.8, 4) is 0 Å². The van der Waals surface area contributed by atoms with E-state index >= 15 is 0 Å². The summed E-state index contributed by atoms with van der Waals surface area (Å²) in [6.07, 6.45) is 1.71. The van der Waals surface area contributed by atoms with Gasteiger partial charge in [-0.15, -0.1) is 11.3 Å². The highest BCUT2D eigenvalue weighted by atomic mass is 32.2. The van der Waals surface area contributed by atoms with E-state index in [4.69, 9.17) is 4.98 Å². The Morgan fingerprint density at radius 1 is 1.06 bits per heavy atom. The van der Waals surface area contributed by atoms with Gasteiger partial charge in [0, 0.05) is 19.0 Å². The first-order chi connectivity index (χ1) is 15.1. The van der Waals surface area contributed by atoms with Gasteiger partial charge in [-0.2, -0.15) is 8.78 Å². The molecule has 0 unspecified atom stereocenters. The van der Waals surface area contributed by atoms with Crippen molar-refractivity contribution in [3.63, 3.8) is 0 Å². The lowest BCUT2D eigenvalue weighted by molar-refractivity contribution is -0.132. The molecule has 0 saturated carbocycles. The summed E-state index contributed by atoms with van der Waals surface area (Å²) in [6.45, 7) is 1.30. The third kappa shape index (κ3) is 4.16. The second-order valence-electron chi connectivity index (χ2n) is 7.52. The van der Waals surface area contributed by atoms with E-state index in [-0.39, 0.29) is 17.6 Å². The number of alkyl halides is 2. The molecule has 2 aromatic carbocycles. The highest BCUT2D eigenvalue weighted by Gasteiger charge is 2.27. The number of hydrogen-bond acceptors (Lipinski definition) is 5. The van der Waals surface area contributed by atoms with Crippen LogP contribution in [0.15, 0.2) is 53.7 Å². The first-order valence-corrected chi connectivity index (χ1v) is 11.8. The molecule has 0 aliphatic carbocycles. The van der Waals surface area contributed by atoms with E-state index in [9.17, 15) is 13.6 Å². The molecule has 160 valence electrons. The number of imidazole rings is 1. The van der Waals surface area contributed by atoms with Crippen molar-refractivity contribution in [2.75, 3.05) is 13.1 Å². The zero-order valence-corrected chi connectivity index (χ0v) is 18.2. The lowest BCUT2D eigenvalue weighted by atomic mass is 9.97. The summed E-state index contributed by atoms with van der Waals surface area (Å²) in [5.74, 6) is -2.31. The molecule has 1 aliphatic rings. The van der Waals surface area contributed by atoms with E-state index in [0.717, 1.165) is 23.4 Å². The summed E-state index contributed by atoms with van der Waals surface area (Å²) in [6, 6.07) is 15.3. The third-order valence-electron chi connectivity index (χ3n) is 5.61. The number of carbonyl (C=O) groups is 1. The average Bonchev–Trinajstić information content (AvgIpc) is 3.35. The molecule has 0 spiro atoms. The number of benzene rings is 2. The van der Waals surface area contributed by atoms with Crippen LogP contribution in [0.25, 0.3) is 21.3 Å². The number of fused-ring (bicyclic) bond motifs is 2. The average molecular weight is 459 g/mol. The molecule has 0 atom stereocenters. The molecule has 4 aromatic rings. The molecule has 0 radical (unpaired) electrons. The first kappa shape index (κ1) is 20.4. The molecular weight excluding hydrogens is 438 g/mol. The van der Waals surface area contributed by atoms with Crippen LogP contribution in [0, 0.1) is 0 Å². The normalized spacial score (nSPS) is 15.4. The number of amides is 1. The molecule has 31 heavy (non-hydrogen) atoms. The molecule has 1 aliphatic heterocycles. The first-order valence-electron chi connectivity index (χ1n) is 10.1. The minimum Gasteiger partial charge on any atom is -0.341 e. The van der Waals surface area contributed by atoms with Gasteiger partial charge in [0.05, 0.1) is 26.3 Å². The number of thiazole rings is 1. The molecule has 5 rings (SSSR count). The Balaban J connectivity index is 1.29. The quantitative estimate of drug-likeness (QED) is 0.378. The minimum absolute atomic E-state index is 0.0152. The van der Waals surface area contributed by atoms with Crippen molar-refractivity contribution in [3.05, 3.63) is 53.5 Å². The molecule has 1 saturated heterocycles. The van der Waals surface area contributed by atoms with Gasteiger partial charge in [-0.05, 0) is 48.9 Å². The van der Waals surface area contributed by atoms with Gasteiger partial charge in [-0.1, -0.05) is 24.3 Å². The van der Waals surface area contributed by atoms with Crippen LogP contribution in [0.3, 0.4) is 0 Å². The number of aromatic nitrogens is 3. The predicted molar refractivity (Wildman–Crippen MR) is 120 cm³/mol. The van der Waals surface area contributed by atoms with E-state index in [1.807, 2.05) is 41.3 Å². The number of hydrogen-bond donors (Lipinski definition) is 0. The van der Waals surface area contributed by atoms with Crippen LogP contribution >= 0.6 is 23.1 Å². The molecule has 0 N–H and O–H groups in total. The van der Waals surface area contributed by atoms with Crippen molar-refractivity contribution >= 4 is 50.3 Å². The second kappa shape index (κ2) is 8.55. The molecular formula is C22H20F2N4OS2. The van der Waals surface area contributed by atoms with Gasteiger partial charge < -0.3 is 9.47 Å². The zero-order chi connectivity index (χ0) is 21.4. The number of halogens is 2. The lowest BCUT2D eigenvalue weighted by Gasteiger charge is -2.31. The number of carbonyl (C=O) groups excluding carboxylic acids is 1. The van der Waals surface area contributed by atoms with Gasteiger partial charge in [0.1, 0.15) is 6.54 Å². The van der Waals surface area contributed by atoms with E-state index in [1.54, 1.807) is 22.0 Å². The highest BCUT2D eigenvalue weighted by molar-refractivity contribution is 7.99. The maximum atomic E-state index is 13.0. The van der Waals surface area contributed by atoms with Crippen LogP contribution in [0.5, 0.6) is 0 Å². The van der Waals surface area contributed by atoms with Gasteiger partial charge in [0.25, 0.3) is 5.76 Å². The number of thioether (sulfide) groups is 1. The summed E-state index contributed by atoms with van der Waals surface area (Å²) in [7, 11) is 0. The van der Waals surface area contributed by atoms with Crippen LogP contribution in [-0.2, 0) is 11.3 Å². The SMILES string of the molecule is O=C(Cn1c(SC(F)F)nc2ccccc21)N1CCC(c2nc3ccccc3s2)CC1. The Hall–Kier alpha value is -2.52. The number of rotatable bonds is 5. The highest BCUT2D eigenvalue weighted by Crippen LogP contribution is 2.34. The monoisotopic (exact) mass is 458 g/mol. The fourth-order valence-corrected chi connectivity index (χ4v) is 5.79. The molecule has 1 fully saturated rings. The topological polar surface area (TPSA) is 51.0 Å². The Morgan fingerprint density at radius 2 is 1.77 bits per heavy atom. The van der Waals surface area contributed by atoms with Crippen molar-refractivity contribution in [1.29, 1.82) is 0 Å². The van der Waals surface area contributed by atoms with E-state index in [1.165, 1.54) is 4.70 Å². The molecule has 2 aromatic heterocycles. The summed E-state index contributed by atoms with van der Waals surface area (Å²) in [4.78, 5) is 23.9. The number of piperidine rings is 1. The third-order valence-corrected chi connectivity index (χ3v) is 7.51. The minimum atomic E-state index is -2.59. The second-order valence-corrected chi connectivity index (χ2v) is 9.54. The zero-order valence-electron chi connectivity index (χ0n) is 16.6. The van der Waals surface area contributed by atoms with Gasteiger partial charge >= 0.3 is 0 Å². The maximum absolute atomic E-state index is 13.0. The fraction of sp³-hybridized carbons (Fsp3) is 0.318. The summed E-state index contributed by atoms with van der Waals surface area (Å²) >= 11 is 2.11. The molecule has 5 nitrogen and oxygen atoms in total. The largest absolute Gasteiger partial charge is 0.341 e. The summed E-state index contributed by atoms with van der Waals surface area (Å²) in [5, 5.41) is 1.30. The smallest absolute Gasteiger partial charge is 0.291 e. The predicted octanol–water partition coefficient (Wildman–Crippen LogP) is 5.37. The summed E-state index contributed by atoms with van der Waals surface area (Å²) < 4.78 is 28.8. The Bertz CT molecular complexity index is 1200. The van der Waals surface area contributed by atoms with Crippen LogP contribution in [-0.4, -0.2) is 44.2 Å². The number of para-hydroxylation sites is 3. The number of likely N-dealkylation sites (tertiary alicyclic amines) is 1. The Morgan fingerprint density at radius 3 is 2.52 bits per heavy atom. The van der Waals surface area contributed by atoms with Crippen LogP contribution in [0.4, 0.5) is 8.78 Å². The Labute approximate surface area is 186 Å². The van der Waals surface area contributed by atoms with Crippen molar-refractivity contribution < 1.29 is 13.6 Å². The van der Waals surface area contributed by atoms with Gasteiger partial charge in [-0.25, -0.2) is 9.97 Å². The van der Waals surface area contributed by atoms with E-state index in [0.29, 0.717) is 41.8 Å². The standard InChI is InChI=1S/C22H20F2N4OS2/c23-21(24)31-22-26-15-5-1-3-7-17(15)28(22)13-19(29)27-11-9-14(10-12-27)20-25-16-6-2-4-8-18(16)30-20/h1-8,14,21H,9-13H2. The number of nitrogens with zero attached hydrogens (tertiary/aromatic N) is 4. The van der Waals surface area contributed by atoms with Gasteiger partial charge in [-0.3, -0.25) is 4.79 Å². The van der Waals surface area contributed by atoms with Crippen LogP contribution in [0.2, 0.25) is 0 Å². The van der Waals surface area contributed by atoms with Crippen molar-refractivity contribution in [1.82, 2.24) is 19.4 Å². The molecule has 3 heterocycles. The summed E-state index contributed by atoms with van der Waals surface area (Å²) in [5.41, 5.74) is 2.34. The molecule has 9 heteroatoms. The Kier molecular flexibility index (Phi) is 5.62. The van der Waals surface area contributed by atoms with Crippen molar-refractivity contribution in [2.45, 2.75) is 36.2 Å². The molecule has 0 bridgehead atoms. The van der Waals surface area contributed by atoms with E-state index in [2.05, 4.69) is 11.1 Å². The van der Waals surface area contributed by atoms with E-state index < -0.39 is 5.76 Å². The van der Waals surface area contributed by atoms with Crippen LogP contribution in [0.1, 0.15) is 23.8 Å². The maximum Gasteiger partial charge on any atom is 0.291 e. The lowest BCUT2D eigenvalue weighted by Crippen LogP contribution is -2.39. The fourth-order valence-electron chi connectivity index (χ4n) is 4.05. The van der Waals surface area contributed by atoms with Gasteiger partial charge in [0.2, 0.25) is 5.91 Å². The van der Waals surface area contributed by atoms with Crippen molar-refractivity contribution in [2.24, 2.45) is 0 Å².